The van der Waals surface area contributed by atoms with Gasteiger partial charge in [0.15, 0.2) is 5.17 Å². The minimum absolute atomic E-state index is 0.0328. The predicted molar refractivity (Wildman–Crippen MR) is 74.7 cm³/mol. The number of carbonyl (C=O) groups excluding carboxylic acids is 1. The molecule has 2 fully saturated rings. The lowest BCUT2D eigenvalue weighted by Crippen LogP contribution is -2.34. The Bertz CT molecular complexity index is 400. The zero-order valence-corrected chi connectivity index (χ0v) is 11.7. The normalized spacial score (nSPS) is 38.8. The molecule has 1 amide bonds. The van der Waals surface area contributed by atoms with Gasteiger partial charge in [-0.2, -0.15) is 0 Å². The summed E-state index contributed by atoms with van der Waals surface area (Å²) in [5.74, 6) is -0.0328. The number of hydrogen-bond acceptors (Lipinski definition) is 4. The smallest absolute Gasteiger partial charge is 0.246 e. The zero-order valence-electron chi connectivity index (χ0n) is 10.9. The van der Waals surface area contributed by atoms with Crippen LogP contribution in [0.4, 0.5) is 0 Å². The number of carbonyl (C=O) groups is 1. The lowest BCUT2D eigenvalue weighted by Gasteiger charge is -2.22. The Morgan fingerprint density at radius 2 is 2.11 bits per heavy atom. The summed E-state index contributed by atoms with van der Waals surface area (Å²) in [6, 6.07) is 0.226. The fraction of sp³-hybridized carbons (Fsp3) is 0.692. The Morgan fingerprint density at radius 1 is 1.50 bits per heavy atom. The predicted octanol–water partition coefficient (Wildman–Crippen LogP) is 1.84. The molecular weight excluding hydrogens is 248 g/mol. The Morgan fingerprint density at radius 3 is 2.61 bits per heavy atom. The van der Waals surface area contributed by atoms with E-state index in [-0.39, 0.29) is 18.1 Å². The highest BCUT2D eigenvalue weighted by Crippen LogP contribution is 2.37. The van der Waals surface area contributed by atoms with E-state index in [1.54, 1.807) is 0 Å². The standard InChI is InChI=1S/C13H20N2O2S/c1-8(2)13(3)11(17)15-12(18-13)14-9-4-6-10(16)7-5-9/h9-10,16H,1,4-7H2,2-3H3,(H,14,15,17)/t9?,10?,13-/m1/s1. The second kappa shape index (κ2) is 5.05. The molecule has 2 aliphatic rings. The van der Waals surface area contributed by atoms with Crippen molar-refractivity contribution >= 4 is 22.8 Å². The number of nitrogens with zero attached hydrogens (tertiary/aromatic N) is 1. The van der Waals surface area contributed by atoms with Crippen LogP contribution >= 0.6 is 11.8 Å². The topological polar surface area (TPSA) is 61.7 Å². The van der Waals surface area contributed by atoms with Gasteiger partial charge >= 0.3 is 0 Å². The third-order valence-electron chi connectivity index (χ3n) is 3.74. The summed E-state index contributed by atoms with van der Waals surface area (Å²) in [6.07, 6.45) is 3.22. The fourth-order valence-corrected chi connectivity index (χ4v) is 3.22. The first-order valence-electron chi connectivity index (χ1n) is 6.34. The first kappa shape index (κ1) is 13.6. The van der Waals surface area contributed by atoms with Crippen LogP contribution in [0, 0.1) is 0 Å². The van der Waals surface area contributed by atoms with Gasteiger partial charge in [0.1, 0.15) is 4.75 Å². The first-order valence-corrected chi connectivity index (χ1v) is 7.16. The number of amidine groups is 1. The molecule has 0 radical (unpaired) electrons. The summed E-state index contributed by atoms with van der Waals surface area (Å²) in [6.45, 7) is 7.63. The quantitative estimate of drug-likeness (QED) is 0.751. The molecule has 1 atom stereocenters. The molecule has 1 aliphatic carbocycles. The molecule has 0 unspecified atom stereocenters. The van der Waals surface area contributed by atoms with E-state index in [9.17, 15) is 9.90 Å². The van der Waals surface area contributed by atoms with Crippen molar-refractivity contribution in [3.63, 3.8) is 0 Å². The van der Waals surface area contributed by atoms with Crippen molar-refractivity contribution in [2.75, 3.05) is 0 Å². The first-order chi connectivity index (χ1) is 8.41. The maximum absolute atomic E-state index is 11.9. The number of aliphatic hydroxyl groups is 1. The zero-order chi connectivity index (χ0) is 13.3. The molecule has 0 aromatic carbocycles. The van der Waals surface area contributed by atoms with E-state index in [2.05, 4.69) is 16.9 Å². The van der Waals surface area contributed by atoms with Gasteiger partial charge in [-0.25, -0.2) is 0 Å². The summed E-state index contributed by atoms with van der Waals surface area (Å²) in [5.41, 5.74) is 0.842. The SMILES string of the molecule is C=C(C)[C@@]1(C)SC(=NC2CCC(O)CC2)NC1=O. The van der Waals surface area contributed by atoms with Crippen LogP contribution in [-0.2, 0) is 4.79 Å². The fourth-order valence-electron chi connectivity index (χ4n) is 2.17. The van der Waals surface area contributed by atoms with Crippen LogP contribution in [0.25, 0.3) is 0 Å². The Labute approximate surface area is 112 Å². The van der Waals surface area contributed by atoms with E-state index in [0.717, 1.165) is 31.3 Å². The Balaban J connectivity index is 2.04. The maximum atomic E-state index is 11.9. The van der Waals surface area contributed by atoms with Gasteiger partial charge in [-0.1, -0.05) is 23.9 Å². The van der Waals surface area contributed by atoms with Crippen LogP contribution in [0.3, 0.4) is 0 Å². The number of rotatable bonds is 2. The van der Waals surface area contributed by atoms with Gasteiger partial charge in [-0.3, -0.25) is 9.79 Å². The van der Waals surface area contributed by atoms with Crippen molar-refractivity contribution in [1.82, 2.24) is 5.32 Å². The molecule has 1 heterocycles. The van der Waals surface area contributed by atoms with Crippen molar-refractivity contribution in [3.8, 4) is 0 Å². The van der Waals surface area contributed by atoms with E-state index in [4.69, 9.17) is 0 Å². The molecule has 5 heteroatoms. The average molecular weight is 268 g/mol. The van der Waals surface area contributed by atoms with Crippen molar-refractivity contribution in [2.24, 2.45) is 4.99 Å². The summed E-state index contributed by atoms with van der Waals surface area (Å²) in [5, 5.41) is 13.0. The molecule has 0 aromatic heterocycles. The Hall–Kier alpha value is -0.810. The molecule has 100 valence electrons. The van der Waals surface area contributed by atoms with E-state index in [1.165, 1.54) is 11.8 Å². The summed E-state index contributed by atoms with van der Waals surface area (Å²) >= 11 is 1.45. The van der Waals surface area contributed by atoms with Gasteiger partial charge in [0.2, 0.25) is 5.91 Å². The van der Waals surface area contributed by atoms with Crippen molar-refractivity contribution < 1.29 is 9.90 Å². The highest BCUT2D eigenvalue weighted by Gasteiger charge is 2.43. The van der Waals surface area contributed by atoms with Gasteiger partial charge in [0.25, 0.3) is 0 Å². The van der Waals surface area contributed by atoms with Crippen LogP contribution in [-0.4, -0.2) is 33.1 Å². The van der Waals surface area contributed by atoms with Gasteiger partial charge in [-0.15, -0.1) is 0 Å². The van der Waals surface area contributed by atoms with Gasteiger partial charge in [0, 0.05) is 0 Å². The number of aliphatic hydroxyl groups excluding tert-OH is 1. The summed E-state index contributed by atoms with van der Waals surface area (Å²) < 4.78 is -0.590. The second-order valence-corrected chi connectivity index (χ2v) is 6.67. The molecule has 0 bridgehead atoms. The van der Waals surface area contributed by atoms with Gasteiger partial charge < -0.3 is 10.4 Å². The number of thioether (sulfide) groups is 1. The number of hydrogen-bond donors (Lipinski definition) is 2. The monoisotopic (exact) mass is 268 g/mol. The molecule has 1 aliphatic heterocycles. The third-order valence-corrected chi connectivity index (χ3v) is 5.08. The largest absolute Gasteiger partial charge is 0.393 e. The highest BCUT2D eigenvalue weighted by atomic mass is 32.2. The maximum Gasteiger partial charge on any atom is 0.246 e. The number of aliphatic imine (C=N–C) groups is 1. The van der Waals surface area contributed by atoms with Gasteiger partial charge in [-0.05, 0) is 39.5 Å². The second-order valence-electron chi connectivity index (χ2n) is 5.27. The highest BCUT2D eigenvalue weighted by molar-refractivity contribution is 8.16. The molecule has 1 saturated carbocycles. The summed E-state index contributed by atoms with van der Waals surface area (Å²) in [7, 11) is 0. The van der Waals surface area contributed by atoms with Crippen molar-refractivity contribution in [3.05, 3.63) is 12.2 Å². The van der Waals surface area contributed by atoms with E-state index >= 15 is 0 Å². The van der Waals surface area contributed by atoms with E-state index in [1.807, 2.05) is 13.8 Å². The third kappa shape index (κ3) is 2.62. The minimum atomic E-state index is -0.590. The van der Waals surface area contributed by atoms with Crippen LogP contribution in [0.2, 0.25) is 0 Å². The molecule has 4 nitrogen and oxygen atoms in total. The van der Waals surface area contributed by atoms with Crippen LogP contribution in [0.1, 0.15) is 39.5 Å². The Kier molecular flexibility index (Phi) is 3.82. The van der Waals surface area contributed by atoms with Crippen molar-refractivity contribution in [2.45, 2.75) is 56.4 Å². The summed E-state index contributed by atoms with van der Waals surface area (Å²) in [4.78, 5) is 16.5. The van der Waals surface area contributed by atoms with E-state index < -0.39 is 4.75 Å². The van der Waals surface area contributed by atoms with Crippen LogP contribution in [0.15, 0.2) is 17.1 Å². The van der Waals surface area contributed by atoms with Gasteiger partial charge in [0.05, 0.1) is 12.1 Å². The van der Waals surface area contributed by atoms with Crippen LogP contribution in [0.5, 0.6) is 0 Å². The molecule has 2 N–H and O–H groups in total. The number of nitrogens with one attached hydrogen (secondary N) is 1. The van der Waals surface area contributed by atoms with Crippen LogP contribution < -0.4 is 5.32 Å². The minimum Gasteiger partial charge on any atom is -0.393 e. The number of amides is 1. The molecule has 2 rings (SSSR count). The average Bonchev–Trinajstić information content (AvgIpc) is 2.59. The lowest BCUT2D eigenvalue weighted by molar-refractivity contribution is -0.120. The lowest BCUT2D eigenvalue weighted by atomic mass is 9.94. The van der Waals surface area contributed by atoms with Crippen molar-refractivity contribution in [1.29, 1.82) is 0 Å². The molecule has 0 spiro atoms. The van der Waals surface area contributed by atoms with E-state index in [0.29, 0.717) is 5.17 Å². The molecule has 0 aromatic rings. The molecular formula is C13H20N2O2S. The molecule has 1 saturated heterocycles. The molecule has 18 heavy (non-hydrogen) atoms.